The molecule has 0 aliphatic carbocycles. The summed E-state index contributed by atoms with van der Waals surface area (Å²) in [5.41, 5.74) is 1.27. The molecule has 0 amide bonds. The lowest BCUT2D eigenvalue weighted by Crippen LogP contribution is -2.25. The van der Waals surface area contributed by atoms with Gasteiger partial charge in [0.15, 0.2) is 0 Å². The molecule has 0 saturated carbocycles. The molecule has 0 aliphatic heterocycles. The molecule has 0 radical (unpaired) electrons. The molecule has 1 rings (SSSR count). The summed E-state index contributed by atoms with van der Waals surface area (Å²) in [5.74, 6) is 0.367. The van der Waals surface area contributed by atoms with E-state index in [1.165, 1.54) is 134 Å². The highest BCUT2D eigenvalue weighted by Gasteiger charge is 2.06. The molecule has 0 atom stereocenters. The summed E-state index contributed by atoms with van der Waals surface area (Å²) >= 11 is 0. The van der Waals surface area contributed by atoms with Crippen molar-refractivity contribution in [1.29, 1.82) is 0 Å². The molecule has 0 spiro atoms. The molecular formula is C30H55NO. The van der Waals surface area contributed by atoms with Crippen molar-refractivity contribution in [3.8, 4) is 5.75 Å². The predicted molar refractivity (Wildman–Crippen MR) is 144 cm³/mol. The van der Waals surface area contributed by atoms with Gasteiger partial charge in [-0.15, -0.1) is 0 Å². The van der Waals surface area contributed by atoms with Crippen LogP contribution in [0.1, 0.15) is 142 Å². The summed E-state index contributed by atoms with van der Waals surface area (Å²) < 4.78 is 0. The van der Waals surface area contributed by atoms with Crippen LogP contribution in [-0.2, 0) is 0 Å². The minimum atomic E-state index is 0.367. The van der Waals surface area contributed by atoms with E-state index in [4.69, 9.17) is 0 Å². The third kappa shape index (κ3) is 16.5. The van der Waals surface area contributed by atoms with Crippen molar-refractivity contribution < 1.29 is 5.11 Å². The highest BCUT2D eigenvalue weighted by atomic mass is 16.3. The van der Waals surface area contributed by atoms with Gasteiger partial charge in [0.25, 0.3) is 0 Å². The first-order valence-electron chi connectivity index (χ1n) is 14.3. The molecule has 1 aromatic rings. The number of hydrogen-bond donors (Lipinski definition) is 1. The van der Waals surface area contributed by atoms with Gasteiger partial charge in [0.2, 0.25) is 0 Å². The van der Waals surface area contributed by atoms with E-state index in [0.29, 0.717) is 5.75 Å². The Morgan fingerprint density at radius 3 is 1.12 bits per heavy atom. The lowest BCUT2D eigenvalue weighted by atomic mass is 10.1. The summed E-state index contributed by atoms with van der Waals surface area (Å²) in [6.07, 6.45) is 27.8. The predicted octanol–water partition coefficient (Wildman–Crippen LogP) is 10.0. The van der Waals surface area contributed by atoms with Crippen LogP contribution in [0.25, 0.3) is 0 Å². The molecule has 0 aromatic heterocycles. The van der Waals surface area contributed by atoms with Crippen molar-refractivity contribution >= 4 is 5.69 Å². The smallest absolute Gasteiger partial charge is 0.115 e. The van der Waals surface area contributed by atoms with Crippen LogP contribution in [0.2, 0.25) is 0 Å². The third-order valence-corrected chi connectivity index (χ3v) is 6.78. The Hall–Kier alpha value is -1.18. The molecular weight excluding hydrogens is 390 g/mol. The molecule has 1 N–H and O–H groups in total. The van der Waals surface area contributed by atoms with Crippen LogP contribution >= 0.6 is 0 Å². The maximum Gasteiger partial charge on any atom is 0.115 e. The fraction of sp³-hybridized carbons (Fsp3) is 0.800. The van der Waals surface area contributed by atoms with Crippen molar-refractivity contribution in [1.82, 2.24) is 0 Å². The second-order valence-electron chi connectivity index (χ2n) is 9.87. The number of phenols is 1. The number of unbranched alkanes of at least 4 members (excludes halogenated alkanes) is 18. The van der Waals surface area contributed by atoms with Gasteiger partial charge in [-0.1, -0.05) is 129 Å². The molecule has 2 heteroatoms. The van der Waals surface area contributed by atoms with Crippen LogP contribution in [0.15, 0.2) is 24.3 Å². The van der Waals surface area contributed by atoms with Crippen LogP contribution in [0.3, 0.4) is 0 Å². The first-order valence-corrected chi connectivity index (χ1v) is 14.3. The van der Waals surface area contributed by atoms with E-state index in [9.17, 15) is 5.11 Å². The number of rotatable bonds is 23. The average molecular weight is 446 g/mol. The molecule has 0 saturated heterocycles. The maximum absolute atomic E-state index is 9.65. The monoisotopic (exact) mass is 445 g/mol. The maximum atomic E-state index is 9.65. The summed E-state index contributed by atoms with van der Waals surface area (Å²) in [7, 11) is 0. The van der Waals surface area contributed by atoms with Gasteiger partial charge in [-0.05, 0) is 37.1 Å². The molecule has 1 aromatic carbocycles. The SMILES string of the molecule is CCCCCCCCCCCCN(CCCCCCCCCCCC)c1ccc(O)cc1. The average Bonchev–Trinajstić information content (AvgIpc) is 2.80. The first-order chi connectivity index (χ1) is 15.8. The van der Waals surface area contributed by atoms with E-state index >= 15 is 0 Å². The van der Waals surface area contributed by atoms with Gasteiger partial charge in [0.05, 0.1) is 0 Å². The second-order valence-corrected chi connectivity index (χ2v) is 9.87. The van der Waals surface area contributed by atoms with E-state index in [2.05, 4.69) is 30.9 Å². The summed E-state index contributed by atoms with van der Waals surface area (Å²) in [4.78, 5) is 2.55. The Labute approximate surface area is 201 Å². The van der Waals surface area contributed by atoms with Gasteiger partial charge in [-0.2, -0.15) is 0 Å². The van der Waals surface area contributed by atoms with Gasteiger partial charge in [-0.3, -0.25) is 0 Å². The van der Waals surface area contributed by atoms with Crippen molar-refractivity contribution in [2.24, 2.45) is 0 Å². The zero-order valence-electron chi connectivity index (χ0n) is 21.8. The molecule has 0 unspecified atom stereocenters. The molecule has 0 heterocycles. The zero-order chi connectivity index (χ0) is 23.1. The summed E-state index contributed by atoms with van der Waals surface area (Å²) in [6, 6.07) is 7.84. The van der Waals surface area contributed by atoms with Gasteiger partial charge >= 0.3 is 0 Å². The minimum Gasteiger partial charge on any atom is -0.508 e. The van der Waals surface area contributed by atoms with Gasteiger partial charge in [-0.25, -0.2) is 0 Å². The van der Waals surface area contributed by atoms with Crippen LogP contribution in [-0.4, -0.2) is 18.2 Å². The van der Waals surface area contributed by atoms with Crippen LogP contribution < -0.4 is 4.90 Å². The Bertz CT molecular complexity index is 474. The van der Waals surface area contributed by atoms with E-state index in [1.54, 1.807) is 0 Å². The number of phenolic OH excluding ortho intramolecular Hbond substituents is 1. The number of hydrogen-bond acceptors (Lipinski definition) is 2. The number of benzene rings is 1. The molecule has 0 bridgehead atoms. The van der Waals surface area contributed by atoms with E-state index in [-0.39, 0.29) is 0 Å². The van der Waals surface area contributed by atoms with Crippen LogP contribution in [0.4, 0.5) is 5.69 Å². The highest BCUT2D eigenvalue weighted by molar-refractivity contribution is 5.48. The third-order valence-electron chi connectivity index (χ3n) is 6.78. The quantitative estimate of drug-likeness (QED) is 0.169. The Morgan fingerprint density at radius 2 is 0.781 bits per heavy atom. The molecule has 0 fully saturated rings. The van der Waals surface area contributed by atoms with Crippen molar-refractivity contribution in [3.63, 3.8) is 0 Å². The van der Waals surface area contributed by atoms with Crippen molar-refractivity contribution in [2.75, 3.05) is 18.0 Å². The van der Waals surface area contributed by atoms with Gasteiger partial charge < -0.3 is 10.0 Å². The summed E-state index contributed by atoms with van der Waals surface area (Å²) in [5, 5.41) is 9.65. The van der Waals surface area contributed by atoms with Crippen LogP contribution in [0.5, 0.6) is 5.75 Å². The Morgan fingerprint density at radius 1 is 0.469 bits per heavy atom. The summed E-state index contributed by atoms with van der Waals surface area (Å²) in [6.45, 7) is 6.88. The van der Waals surface area contributed by atoms with E-state index in [1.807, 2.05) is 12.1 Å². The Kier molecular flexibility index (Phi) is 19.5. The largest absolute Gasteiger partial charge is 0.508 e. The van der Waals surface area contributed by atoms with E-state index in [0.717, 1.165) is 13.1 Å². The molecule has 32 heavy (non-hydrogen) atoms. The van der Waals surface area contributed by atoms with Crippen molar-refractivity contribution in [3.05, 3.63) is 24.3 Å². The second kappa shape index (κ2) is 21.7. The number of anilines is 1. The Balaban J connectivity index is 2.16. The molecule has 0 aliphatic rings. The lowest BCUT2D eigenvalue weighted by Gasteiger charge is -2.25. The normalized spacial score (nSPS) is 11.2. The number of aromatic hydroxyl groups is 1. The topological polar surface area (TPSA) is 23.5 Å². The van der Waals surface area contributed by atoms with Gasteiger partial charge in [0.1, 0.15) is 5.75 Å². The number of nitrogens with zero attached hydrogens (tertiary/aromatic N) is 1. The fourth-order valence-corrected chi connectivity index (χ4v) is 4.61. The first kappa shape index (κ1) is 28.9. The zero-order valence-corrected chi connectivity index (χ0v) is 21.8. The van der Waals surface area contributed by atoms with Gasteiger partial charge in [0, 0.05) is 18.8 Å². The minimum absolute atomic E-state index is 0.367. The lowest BCUT2D eigenvalue weighted by molar-refractivity contribution is 0.475. The standard InChI is InChI=1S/C30H55NO/c1-3-5-7-9-11-13-15-17-19-21-27-31(29-23-25-30(32)26-24-29)28-22-20-18-16-14-12-10-8-6-4-2/h23-26,32H,3-22,27-28H2,1-2H3. The van der Waals surface area contributed by atoms with Crippen LogP contribution in [0, 0.1) is 0 Å². The highest BCUT2D eigenvalue weighted by Crippen LogP contribution is 2.21. The fourth-order valence-electron chi connectivity index (χ4n) is 4.61. The van der Waals surface area contributed by atoms with Crippen molar-refractivity contribution in [2.45, 2.75) is 142 Å². The molecule has 2 nitrogen and oxygen atoms in total. The van der Waals surface area contributed by atoms with E-state index < -0.39 is 0 Å². The molecule has 186 valence electrons.